The van der Waals surface area contributed by atoms with Crippen molar-refractivity contribution in [2.75, 3.05) is 26.2 Å². The number of hydrogen-bond acceptors (Lipinski definition) is 2. The molecule has 1 aliphatic heterocycles. The first-order valence-electron chi connectivity index (χ1n) is 6.69. The van der Waals surface area contributed by atoms with Crippen LogP contribution in [0.3, 0.4) is 0 Å². The van der Waals surface area contributed by atoms with Crippen LogP contribution in [0.2, 0.25) is 0 Å². The van der Waals surface area contributed by atoms with Gasteiger partial charge in [0, 0.05) is 19.1 Å². The van der Waals surface area contributed by atoms with E-state index in [1.165, 1.54) is 45.3 Å². The molecule has 1 rings (SSSR count). The molecule has 2 nitrogen and oxygen atoms in total. The quantitative estimate of drug-likeness (QED) is 0.728. The van der Waals surface area contributed by atoms with E-state index >= 15 is 0 Å². The second kappa shape index (κ2) is 7.24. The van der Waals surface area contributed by atoms with Gasteiger partial charge in [-0.3, -0.25) is 0 Å². The van der Waals surface area contributed by atoms with Crippen LogP contribution in [0, 0.1) is 5.92 Å². The van der Waals surface area contributed by atoms with E-state index in [2.05, 4.69) is 31.0 Å². The molecule has 15 heavy (non-hydrogen) atoms. The van der Waals surface area contributed by atoms with Crippen LogP contribution < -0.4 is 5.32 Å². The van der Waals surface area contributed by atoms with Crippen LogP contribution in [0.25, 0.3) is 0 Å². The molecule has 0 saturated carbocycles. The second-order valence-electron chi connectivity index (χ2n) is 5.03. The summed E-state index contributed by atoms with van der Waals surface area (Å²) in [5.74, 6) is 0.798. The third-order valence-corrected chi connectivity index (χ3v) is 3.84. The van der Waals surface area contributed by atoms with Gasteiger partial charge in [0.2, 0.25) is 0 Å². The Morgan fingerprint density at radius 3 is 2.40 bits per heavy atom. The van der Waals surface area contributed by atoms with Crippen molar-refractivity contribution in [3.8, 4) is 0 Å². The molecule has 0 aromatic heterocycles. The van der Waals surface area contributed by atoms with Crippen molar-refractivity contribution in [2.24, 2.45) is 5.92 Å². The summed E-state index contributed by atoms with van der Waals surface area (Å²) in [5, 5.41) is 3.64. The van der Waals surface area contributed by atoms with Gasteiger partial charge in [0.25, 0.3) is 0 Å². The van der Waals surface area contributed by atoms with E-state index in [0.717, 1.165) is 12.5 Å². The molecule has 0 aromatic carbocycles. The Morgan fingerprint density at radius 1 is 1.13 bits per heavy atom. The van der Waals surface area contributed by atoms with Crippen LogP contribution in [0.5, 0.6) is 0 Å². The minimum atomic E-state index is 0.666. The van der Waals surface area contributed by atoms with Crippen molar-refractivity contribution in [2.45, 2.75) is 52.5 Å². The Balaban J connectivity index is 2.04. The zero-order valence-corrected chi connectivity index (χ0v) is 10.8. The molecule has 0 unspecified atom stereocenters. The average molecular weight is 212 g/mol. The van der Waals surface area contributed by atoms with E-state index < -0.39 is 0 Å². The minimum Gasteiger partial charge on any atom is -0.313 e. The molecular formula is C13H28N2. The van der Waals surface area contributed by atoms with Gasteiger partial charge in [-0.25, -0.2) is 0 Å². The molecule has 1 N–H and O–H groups in total. The highest BCUT2D eigenvalue weighted by Crippen LogP contribution is 2.08. The van der Waals surface area contributed by atoms with Crippen LogP contribution in [0.1, 0.15) is 46.5 Å². The normalized spacial score (nSPS) is 22.6. The fourth-order valence-corrected chi connectivity index (χ4v) is 2.19. The van der Waals surface area contributed by atoms with E-state index in [9.17, 15) is 0 Å². The molecule has 2 atom stereocenters. The molecule has 0 aliphatic carbocycles. The lowest BCUT2D eigenvalue weighted by atomic mass is 10.0. The highest BCUT2D eigenvalue weighted by molar-refractivity contribution is 4.70. The Bertz CT molecular complexity index is 151. The Hall–Kier alpha value is -0.0800. The molecule has 0 spiro atoms. The molecule has 1 fully saturated rings. The summed E-state index contributed by atoms with van der Waals surface area (Å²) in [6, 6.07) is 0.666. The van der Waals surface area contributed by atoms with Crippen LogP contribution in [-0.2, 0) is 0 Å². The molecule has 0 amide bonds. The van der Waals surface area contributed by atoms with Gasteiger partial charge in [-0.05, 0) is 38.8 Å². The van der Waals surface area contributed by atoms with Gasteiger partial charge < -0.3 is 10.2 Å². The summed E-state index contributed by atoms with van der Waals surface area (Å²) in [6.45, 7) is 11.9. The molecule has 0 aromatic rings. The van der Waals surface area contributed by atoms with E-state index in [-0.39, 0.29) is 0 Å². The van der Waals surface area contributed by atoms with Crippen molar-refractivity contribution in [3.05, 3.63) is 0 Å². The fraction of sp³-hybridized carbons (Fsp3) is 1.00. The van der Waals surface area contributed by atoms with Crippen molar-refractivity contribution in [1.29, 1.82) is 0 Å². The van der Waals surface area contributed by atoms with E-state index in [1.54, 1.807) is 0 Å². The van der Waals surface area contributed by atoms with E-state index in [0.29, 0.717) is 6.04 Å². The maximum absolute atomic E-state index is 3.64. The summed E-state index contributed by atoms with van der Waals surface area (Å²) >= 11 is 0. The first kappa shape index (κ1) is 13.0. The van der Waals surface area contributed by atoms with Gasteiger partial charge in [-0.15, -0.1) is 0 Å². The number of piperidine rings is 1. The highest BCUT2D eigenvalue weighted by Gasteiger charge is 2.11. The van der Waals surface area contributed by atoms with Crippen molar-refractivity contribution in [1.82, 2.24) is 10.2 Å². The van der Waals surface area contributed by atoms with Crippen LogP contribution in [-0.4, -0.2) is 37.1 Å². The van der Waals surface area contributed by atoms with Gasteiger partial charge in [-0.1, -0.05) is 26.7 Å². The molecular weight excluding hydrogens is 184 g/mol. The lowest BCUT2D eigenvalue weighted by Crippen LogP contribution is -2.40. The Kier molecular flexibility index (Phi) is 6.26. The predicted molar refractivity (Wildman–Crippen MR) is 67.2 cm³/mol. The zero-order chi connectivity index (χ0) is 11.1. The summed E-state index contributed by atoms with van der Waals surface area (Å²) < 4.78 is 0. The maximum Gasteiger partial charge on any atom is 0.0107 e. The lowest BCUT2D eigenvalue weighted by molar-refractivity contribution is 0.223. The molecule has 0 radical (unpaired) electrons. The SMILES string of the molecule is CC[C@@H](C)[C@@H](C)NCCN1CCCCC1. The summed E-state index contributed by atoms with van der Waals surface area (Å²) in [6.07, 6.45) is 5.52. The van der Waals surface area contributed by atoms with Gasteiger partial charge >= 0.3 is 0 Å². The van der Waals surface area contributed by atoms with E-state index in [4.69, 9.17) is 0 Å². The minimum absolute atomic E-state index is 0.666. The molecule has 1 heterocycles. The number of nitrogens with one attached hydrogen (secondary N) is 1. The van der Waals surface area contributed by atoms with E-state index in [1.807, 2.05) is 0 Å². The van der Waals surface area contributed by atoms with Crippen LogP contribution >= 0.6 is 0 Å². The Morgan fingerprint density at radius 2 is 1.80 bits per heavy atom. The molecule has 2 heteroatoms. The maximum atomic E-state index is 3.64. The van der Waals surface area contributed by atoms with Gasteiger partial charge in [0.15, 0.2) is 0 Å². The van der Waals surface area contributed by atoms with Gasteiger partial charge in [0.1, 0.15) is 0 Å². The van der Waals surface area contributed by atoms with Crippen LogP contribution in [0.15, 0.2) is 0 Å². The topological polar surface area (TPSA) is 15.3 Å². The summed E-state index contributed by atoms with van der Waals surface area (Å²) in [4.78, 5) is 2.60. The largest absolute Gasteiger partial charge is 0.313 e. The number of rotatable bonds is 6. The fourth-order valence-electron chi connectivity index (χ4n) is 2.19. The first-order valence-corrected chi connectivity index (χ1v) is 6.69. The van der Waals surface area contributed by atoms with Crippen molar-refractivity contribution >= 4 is 0 Å². The predicted octanol–water partition coefficient (Wildman–Crippen LogP) is 2.50. The highest BCUT2D eigenvalue weighted by atomic mass is 15.1. The zero-order valence-electron chi connectivity index (χ0n) is 10.8. The van der Waals surface area contributed by atoms with Gasteiger partial charge in [-0.2, -0.15) is 0 Å². The average Bonchev–Trinajstić information content (AvgIpc) is 2.29. The third kappa shape index (κ3) is 4.98. The molecule has 90 valence electrons. The smallest absolute Gasteiger partial charge is 0.0107 e. The Labute approximate surface area is 95.4 Å². The van der Waals surface area contributed by atoms with Crippen LogP contribution in [0.4, 0.5) is 0 Å². The molecule has 1 aliphatic rings. The second-order valence-corrected chi connectivity index (χ2v) is 5.03. The number of likely N-dealkylation sites (tertiary alicyclic amines) is 1. The van der Waals surface area contributed by atoms with Crippen molar-refractivity contribution < 1.29 is 0 Å². The van der Waals surface area contributed by atoms with Crippen molar-refractivity contribution in [3.63, 3.8) is 0 Å². The monoisotopic (exact) mass is 212 g/mol. The number of hydrogen-bond donors (Lipinski definition) is 1. The summed E-state index contributed by atoms with van der Waals surface area (Å²) in [5.41, 5.74) is 0. The first-order chi connectivity index (χ1) is 7.24. The summed E-state index contributed by atoms with van der Waals surface area (Å²) in [7, 11) is 0. The standard InChI is InChI=1S/C13H28N2/c1-4-12(2)13(3)14-8-11-15-9-6-5-7-10-15/h12-14H,4-11H2,1-3H3/t12-,13-/m1/s1. The third-order valence-electron chi connectivity index (χ3n) is 3.84. The lowest BCUT2D eigenvalue weighted by Gasteiger charge is -2.28. The number of nitrogens with zero attached hydrogens (tertiary/aromatic N) is 1. The molecule has 1 saturated heterocycles. The van der Waals surface area contributed by atoms with Gasteiger partial charge in [0.05, 0.1) is 0 Å². The molecule has 0 bridgehead atoms.